The van der Waals surface area contributed by atoms with Crippen LogP contribution in [0.2, 0.25) is 0 Å². The largest absolute Gasteiger partial charge is 0.457 e. The summed E-state index contributed by atoms with van der Waals surface area (Å²) in [5.41, 5.74) is 8.71. The number of rotatable bonds is 7. The first kappa shape index (κ1) is 24.3. The molecule has 0 spiro atoms. The van der Waals surface area contributed by atoms with Gasteiger partial charge in [-0.2, -0.15) is 5.10 Å². The molecule has 0 saturated heterocycles. The molecule has 0 fully saturated rings. The van der Waals surface area contributed by atoms with Gasteiger partial charge >= 0.3 is 0 Å². The molecule has 194 valence electrons. The lowest BCUT2D eigenvalue weighted by molar-refractivity contribution is 0.0576. The van der Waals surface area contributed by atoms with Crippen LogP contribution in [0.1, 0.15) is 34.6 Å². The highest BCUT2D eigenvalue weighted by Gasteiger charge is 2.38. The molecule has 2 aromatic heterocycles. The second kappa shape index (κ2) is 9.36. The number of nitrogens with two attached hydrogens (primary N) is 1. The van der Waals surface area contributed by atoms with Gasteiger partial charge in [0.1, 0.15) is 29.3 Å². The monoisotopic (exact) mass is 518 g/mol. The van der Waals surface area contributed by atoms with E-state index in [0.717, 1.165) is 11.3 Å². The maximum absolute atomic E-state index is 13.0. The van der Waals surface area contributed by atoms with Crippen molar-refractivity contribution >= 4 is 28.7 Å². The smallest absolute Gasteiger partial charge is 0.261 e. The van der Waals surface area contributed by atoms with Gasteiger partial charge in [0.05, 0.1) is 23.1 Å². The quantitative estimate of drug-likeness (QED) is 0.295. The average Bonchev–Trinajstić information content (AvgIpc) is 3.41. The fourth-order valence-corrected chi connectivity index (χ4v) is 4.91. The van der Waals surface area contributed by atoms with Gasteiger partial charge in [0.15, 0.2) is 5.65 Å². The zero-order chi connectivity index (χ0) is 27.1. The molecule has 0 bridgehead atoms. The Morgan fingerprint density at radius 1 is 0.795 bits per heavy atom. The number of hydrogen-bond acceptors (Lipinski definition) is 7. The summed E-state index contributed by atoms with van der Waals surface area (Å²) in [5, 5.41) is 5.52. The van der Waals surface area contributed by atoms with Gasteiger partial charge in [-0.05, 0) is 48.5 Å². The molecule has 0 unspecified atom stereocenters. The van der Waals surface area contributed by atoms with Crippen LogP contribution in [0.4, 0.5) is 5.82 Å². The Bertz CT molecular complexity index is 1680. The second-order valence-corrected chi connectivity index (χ2v) is 10.3. The molecule has 5 aromatic rings. The predicted molar refractivity (Wildman–Crippen MR) is 147 cm³/mol. The van der Waals surface area contributed by atoms with Crippen molar-refractivity contribution in [2.75, 3.05) is 12.3 Å². The van der Waals surface area contributed by atoms with E-state index in [1.54, 1.807) is 28.9 Å². The van der Waals surface area contributed by atoms with Crippen LogP contribution in [0.5, 0.6) is 11.5 Å². The lowest BCUT2D eigenvalue weighted by atomic mass is 9.92. The number of ether oxygens (including phenoxy) is 1. The molecule has 3 aromatic carbocycles. The van der Waals surface area contributed by atoms with E-state index < -0.39 is 5.41 Å². The van der Waals surface area contributed by atoms with E-state index in [1.807, 2.05) is 68.4 Å². The number of anilines is 1. The maximum Gasteiger partial charge on any atom is 0.261 e. The number of nitrogens with zero attached hydrogens (tertiary/aromatic N) is 5. The summed E-state index contributed by atoms with van der Waals surface area (Å²) in [7, 11) is 0. The molecule has 0 saturated carbocycles. The number of benzene rings is 3. The van der Waals surface area contributed by atoms with Crippen LogP contribution < -0.4 is 10.5 Å². The van der Waals surface area contributed by atoms with Crippen molar-refractivity contribution in [3.63, 3.8) is 0 Å². The molecular weight excluding hydrogens is 492 g/mol. The van der Waals surface area contributed by atoms with Gasteiger partial charge in [-0.25, -0.2) is 14.6 Å². The third-order valence-electron chi connectivity index (χ3n) is 6.71. The van der Waals surface area contributed by atoms with Crippen LogP contribution in [-0.2, 0) is 6.54 Å². The Labute approximate surface area is 224 Å². The third-order valence-corrected chi connectivity index (χ3v) is 6.71. The van der Waals surface area contributed by atoms with Crippen molar-refractivity contribution in [1.82, 2.24) is 24.6 Å². The molecule has 0 radical (unpaired) electrons. The molecule has 0 aliphatic carbocycles. The SMILES string of the molecule is CC(C)(CN1C(=O)c2ccccc2C1=O)Cn1nc(-c2ccc(Oc3ccccc3)cc2)c2c(N)ncnc21. The second-order valence-electron chi connectivity index (χ2n) is 10.3. The van der Waals surface area contributed by atoms with Gasteiger partial charge in [0.2, 0.25) is 0 Å². The summed E-state index contributed by atoms with van der Waals surface area (Å²) < 4.78 is 7.69. The average molecular weight is 519 g/mol. The number of hydrogen-bond donors (Lipinski definition) is 1. The number of nitrogen functional groups attached to an aromatic ring is 1. The molecule has 9 nitrogen and oxygen atoms in total. The zero-order valence-corrected chi connectivity index (χ0v) is 21.5. The standard InChI is InChI=1S/C30H26N6O3/c1-30(2,16-35-28(37)22-10-6-7-11-23(22)29(35)38)17-36-27-24(26(31)32-18-33-27)25(34-36)19-12-14-21(15-13-19)39-20-8-4-3-5-9-20/h3-15,18H,16-17H2,1-2H3,(H2,31,32,33). The number of aromatic nitrogens is 4. The molecule has 2 N–H and O–H groups in total. The van der Waals surface area contributed by atoms with Crippen molar-refractivity contribution in [2.45, 2.75) is 20.4 Å². The zero-order valence-electron chi connectivity index (χ0n) is 21.5. The Morgan fingerprint density at radius 2 is 1.41 bits per heavy atom. The fourth-order valence-electron chi connectivity index (χ4n) is 4.91. The third kappa shape index (κ3) is 4.48. The maximum atomic E-state index is 13.0. The first-order valence-electron chi connectivity index (χ1n) is 12.6. The minimum Gasteiger partial charge on any atom is -0.457 e. The Kier molecular flexibility index (Phi) is 5.83. The van der Waals surface area contributed by atoms with Crippen LogP contribution in [0, 0.1) is 5.41 Å². The summed E-state index contributed by atoms with van der Waals surface area (Å²) in [6.07, 6.45) is 1.41. The van der Waals surface area contributed by atoms with Crippen molar-refractivity contribution in [3.05, 3.63) is 96.3 Å². The van der Waals surface area contributed by atoms with Crippen LogP contribution in [0.3, 0.4) is 0 Å². The van der Waals surface area contributed by atoms with E-state index in [-0.39, 0.29) is 18.4 Å². The van der Waals surface area contributed by atoms with Gasteiger partial charge in [-0.1, -0.05) is 44.2 Å². The lowest BCUT2D eigenvalue weighted by Gasteiger charge is -2.29. The van der Waals surface area contributed by atoms with Crippen molar-refractivity contribution in [2.24, 2.45) is 5.41 Å². The molecular formula is C30H26N6O3. The minimum atomic E-state index is -0.517. The molecule has 3 heterocycles. The minimum absolute atomic E-state index is 0.224. The van der Waals surface area contributed by atoms with Crippen LogP contribution in [0.25, 0.3) is 22.3 Å². The number of fused-ring (bicyclic) bond motifs is 2. The Morgan fingerprint density at radius 3 is 2.08 bits per heavy atom. The molecule has 39 heavy (non-hydrogen) atoms. The summed E-state index contributed by atoms with van der Waals surface area (Å²) in [6, 6.07) is 24.0. The summed E-state index contributed by atoms with van der Waals surface area (Å²) >= 11 is 0. The Balaban J connectivity index is 1.29. The van der Waals surface area contributed by atoms with Crippen molar-refractivity contribution in [1.29, 1.82) is 0 Å². The number of carbonyl (C=O) groups excluding carboxylic acids is 2. The number of para-hydroxylation sites is 1. The molecule has 2 amide bonds. The topological polar surface area (TPSA) is 116 Å². The number of imide groups is 1. The van der Waals surface area contributed by atoms with Gasteiger partial charge in [-0.3, -0.25) is 14.5 Å². The molecule has 9 heteroatoms. The van der Waals surface area contributed by atoms with Gasteiger partial charge < -0.3 is 10.5 Å². The molecule has 0 atom stereocenters. The van der Waals surface area contributed by atoms with Crippen molar-refractivity contribution in [3.8, 4) is 22.8 Å². The predicted octanol–water partition coefficient (Wildman–Crippen LogP) is 5.19. The highest BCUT2D eigenvalue weighted by molar-refractivity contribution is 6.21. The molecule has 6 rings (SSSR count). The Hall–Kier alpha value is -5.05. The highest BCUT2D eigenvalue weighted by Crippen LogP contribution is 2.34. The van der Waals surface area contributed by atoms with E-state index in [9.17, 15) is 9.59 Å². The number of amides is 2. The van der Waals surface area contributed by atoms with E-state index in [1.165, 1.54) is 11.2 Å². The van der Waals surface area contributed by atoms with Crippen LogP contribution in [0.15, 0.2) is 85.2 Å². The summed E-state index contributed by atoms with van der Waals surface area (Å²) in [5.74, 6) is 1.21. The first-order valence-corrected chi connectivity index (χ1v) is 12.6. The fraction of sp³-hybridized carbons (Fsp3) is 0.167. The summed E-state index contributed by atoms with van der Waals surface area (Å²) in [6.45, 7) is 4.60. The summed E-state index contributed by atoms with van der Waals surface area (Å²) in [4.78, 5) is 35.9. The number of carbonyl (C=O) groups is 2. The lowest BCUT2D eigenvalue weighted by Crippen LogP contribution is -2.40. The van der Waals surface area contributed by atoms with Gasteiger partial charge in [0.25, 0.3) is 11.8 Å². The van der Waals surface area contributed by atoms with E-state index in [0.29, 0.717) is 46.0 Å². The highest BCUT2D eigenvalue weighted by atomic mass is 16.5. The van der Waals surface area contributed by atoms with E-state index in [2.05, 4.69) is 9.97 Å². The van der Waals surface area contributed by atoms with Crippen LogP contribution >= 0.6 is 0 Å². The van der Waals surface area contributed by atoms with E-state index >= 15 is 0 Å². The first-order chi connectivity index (χ1) is 18.8. The molecule has 1 aliphatic heterocycles. The van der Waals surface area contributed by atoms with Crippen LogP contribution in [-0.4, -0.2) is 43.0 Å². The van der Waals surface area contributed by atoms with E-state index in [4.69, 9.17) is 15.6 Å². The van der Waals surface area contributed by atoms with Crippen molar-refractivity contribution < 1.29 is 14.3 Å². The normalized spacial score (nSPS) is 13.2. The van der Waals surface area contributed by atoms with Gasteiger partial charge in [0, 0.05) is 17.5 Å². The molecule has 1 aliphatic rings. The van der Waals surface area contributed by atoms with Gasteiger partial charge in [-0.15, -0.1) is 0 Å².